The summed E-state index contributed by atoms with van der Waals surface area (Å²) < 4.78 is 10.9. The number of nitrogens with zero attached hydrogens (tertiary/aromatic N) is 2. The Bertz CT molecular complexity index is 1150. The highest BCUT2D eigenvalue weighted by Gasteiger charge is 2.11. The first-order valence-corrected chi connectivity index (χ1v) is 9.46. The van der Waals surface area contributed by atoms with E-state index >= 15 is 0 Å². The Kier molecular flexibility index (Phi) is 5.91. The number of amides is 1. The zero-order chi connectivity index (χ0) is 20.8. The van der Waals surface area contributed by atoms with Crippen LogP contribution in [0.4, 0.5) is 0 Å². The second-order valence-electron chi connectivity index (χ2n) is 6.29. The number of rotatable bonds is 7. The van der Waals surface area contributed by atoms with Crippen LogP contribution in [-0.2, 0) is 6.61 Å². The van der Waals surface area contributed by atoms with E-state index in [0.717, 1.165) is 11.1 Å². The summed E-state index contributed by atoms with van der Waals surface area (Å²) in [7, 11) is 0. The lowest BCUT2D eigenvalue weighted by atomic mass is 10.1. The van der Waals surface area contributed by atoms with Crippen molar-refractivity contribution in [2.45, 2.75) is 6.61 Å². The highest BCUT2D eigenvalue weighted by atomic mass is 35.5. The number of carbonyl (C=O) groups excluding carboxylic acids is 1. The van der Waals surface area contributed by atoms with E-state index in [1.165, 1.54) is 12.5 Å². The van der Waals surface area contributed by atoms with Crippen molar-refractivity contribution < 1.29 is 13.9 Å². The highest BCUT2D eigenvalue weighted by molar-refractivity contribution is 6.31. The number of aromatic amines is 1. The zero-order valence-corrected chi connectivity index (χ0v) is 16.5. The molecule has 0 atom stereocenters. The Balaban J connectivity index is 1.36. The molecule has 0 radical (unpaired) electrons. The lowest BCUT2D eigenvalue weighted by Crippen LogP contribution is -2.17. The third kappa shape index (κ3) is 4.76. The summed E-state index contributed by atoms with van der Waals surface area (Å²) in [5.74, 6) is 0.841. The molecule has 4 rings (SSSR count). The monoisotopic (exact) mass is 420 g/mol. The molecular formula is C22H17ClN4O3. The number of hydrazone groups is 1. The number of ether oxygens (including phenoxy) is 1. The van der Waals surface area contributed by atoms with E-state index < -0.39 is 5.91 Å². The average molecular weight is 421 g/mol. The van der Waals surface area contributed by atoms with Gasteiger partial charge in [-0.1, -0.05) is 29.8 Å². The van der Waals surface area contributed by atoms with Crippen molar-refractivity contribution in [3.05, 3.63) is 95.0 Å². The standard InChI is InChI=1S/C22H17ClN4O3/c23-19-6-2-1-4-16(19)14-30-17-9-7-15(8-10-17)20-12-21(26-25-20)22(28)27-24-13-18-5-3-11-29-18/h1-13H,14H2,(H,25,26)(H,27,28)/b24-13-. The summed E-state index contributed by atoms with van der Waals surface area (Å²) in [6.07, 6.45) is 2.94. The molecule has 150 valence electrons. The minimum absolute atomic E-state index is 0.292. The second kappa shape index (κ2) is 9.11. The minimum atomic E-state index is -0.406. The van der Waals surface area contributed by atoms with Crippen LogP contribution in [0, 0.1) is 0 Å². The summed E-state index contributed by atoms with van der Waals surface area (Å²) >= 11 is 6.14. The smallest absolute Gasteiger partial charge is 0.289 e. The SMILES string of the molecule is O=C(N/N=C\c1ccco1)c1cc(-c2ccc(OCc3ccccc3Cl)cc2)n[nH]1. The molecular weight excluding hydrogens is 404 g/mol. The molecule has 2 N–H and O–H groups in total. The Morgan fingerprint density at radius 1 is 1.17 bits per heavy atom. The lowest BCUT2D eigenvalue weighted by Gasteiger charge is -2.08. The van der Waals surface area contributed by atoms with Gasteiger partial charge in [0.05, 0.1) is 18.2 Å². The maximum absolute atomic E-state index is 12.2. The first kappa shape index (κ1) is 19.5. The van der Waals surface area contributed by atoms with Crippen LogP contribution in [0.5, 0.6) is 5.75 Å². The van der Waals surface area contributed by atoms with Gasteiger partial charge in [-0.25, -0.2) is 5.43 Å². The van der Waals surface area contributed by atoms with E-state index in [9.17, 15) is 4.79 Å². The fourth-order valence-electron chi connectivity index (χ4n) is 2.66. The van der Waals surface area contributed by atoms with Gasteiger partial charge in [0, 0.05) is 16.1 Å². The van der Waals surface area contributed by atoms with Crippen molar-refractivity contribution in [1.29, 1.82) is 0 Å². The van der Waals surface area contributed by atoms with Crippen LogP contribution in [0.25, 0.3) is 11.3 Å². The lowest BCUT2D eigenvalue weighted by molar-refractivity contribution is 0.0950. The van der Waals surface area contributed by atoms with Crippen LogP contribution in [0.2, 0.25) is 5.02 Å². The number of hydrogen-bond acceptors (Lipinski definition) is 5. The van der Waals surface area contributed by atoms with Crippen LogP contribution in [-0.4, -0.2) is 22.3 Å². The van der Waals surface area contributed by atoms with Crippen molar-refractivity contribution in [2.24, 2.45) is 5.10 Å². The fraction of sp³-hybridized carbons (Fsp3) is 0.0455. The number of aromatic nitrogens is 2. The van der Waals surface area contributed by atoms with Gasteiger partial charge in [0.2, 0.25) is 0 Å². The van der Waals surface area contributed by atoms with Gasteiger partial charge < -0.3 is 9.15 Å². The van der Waals surface area contributed by atoms with Gasteiger partial charge in [0.1, 0.15) is 23.8 Å². The summed E-state index contributed by atoms with van der Waals surface area (Å²) in [5.41, 5.74) is 5.10. The van der Waals surface area contributed by atoms with Crippen molar-refractivity contribution in [3.63, 3.8) is 0 Å². The van der Waals surface area contributed by atoms with E-state index in [0.29, 0.717) is 34.5 Å². The van der Waals surface area contributed by atoms with Crippen LogP contribution in [0.3, 0.4) is 0 Å². The largest absolute Gasteiger partial charge is 0.489 e. The Labute approximate surface area is 177 Å². The average Bonchev–Trinajstić information content (AvgIpc) is 3.46. The van der Waals surface area contributed by atoms with Gasteiger partial charge in [-0.3, -0.25) is 9.89 Å². The Hall–Kier alpha value is -3.84. The maximum Gasteiger partial charge on any atom is 0.289 e. The van der Waals surface area contributed by atoms with Crippen LogP contribution in [0.15, 0.2) is 82.5 Å². The van der Waals surface area contributed by atoms with Crippen molar-refractivity contribution in [3.8, 4) is 17.0 Å². The number of benzene rings is 2. The Morgan fingerprint density at radius 2 is 2.00 bits per heavy atom. The molecule has 2 aromatic heterocycles. The molecule has 0 bridgehead atoms. The summed E-state index contributed by atoms with van der Waals surface area (Å²) in [5, 5.41) is 11.4. The molecule has 7 nitrogen and oxygen atoms in total. The Morgan fingerprint density at radius 3 is 2.77 bits per heavy atom. The number of furan rings is 1. The first-order chi connectivity index (χ1) is 14.7. The topological polar surface area (TPSA) is 92.5 Å². The second-order valence-corrected chi connectivity index (χ2v) is 6.69. The molecule has 0 aliphatic rings. The predicted molar refractivity (Wildman–Crippen MR) is 114 cm³/mol. The third-order valence-corrected chi connectivity index (χ3v) is 4.59. The van der Waals surface area contributed by atoms with Crippen molar-refractivity contribution in [1.82, 2.24) is 15.6 Å². The molecule has 0 saturated carbocycles. The zero-order valence-electron chi connectivity index (χ0n) is 15.7. The molecule has 0 aliphatic heterocycles. The van der Waals surface area contributed by atoms with E-state index in [1.807, 2.05) is 48.5 Å². The molecule has 30 heavy (non-hydrogen) atoms. The van der Waals surface area contributed by atoms with Gasteiger partial charge >= 0.3 is 0 Å². The molecule has 2 heterocycles. The highest BCUT2D eigenvalue weighted by Crippen LogP contribution is 2.23. The van der Waals surface area contributed by atoms with Gasteiger partial charge in [0.25, 0.3) is 5.91 Å². The van der Waals surface area contributed by atoms with E-state index in [2.05, 4.69) is 20.7 Å². The van der Waals surface area contributed by atoms with Crippen LogP contribution in [0.1, 0.15) is 21.8 Å². The van der Waals surface area contributed by atoms with E-state index in [1.54, 1.807) is 18.2 Å². The number of halogens is 1. The van der Waals surface area contributed by atoms with E-state index in [4.69, 9.17) is 20.8 Å². The summed E-state index contributed by atoms with van der Waals surface area (Å²) in [4.78, 5) is 12.2. The maximum atomic E-state index is 12.2. The van der Waals surface area contributed by atoms with Crippen LogP contribution < -0.4 is 10.2 Å². The molecule has 0 unspecified atom stereocenters. The molecule has 4 aromatic rings. The first-order valence-electron chi connectivity index (χ1n) is 9.08. The van der Waals surface area contributed by atoms with Crippen LogP contribution >= 0.6 is 11.6 Å². The van der Waals surface area contributed by atoms with Crippen molar-refractivity contribution in [2.75, 3.05) is 0 Å². The number of carbonyl (C=O) groups is 1. The fourth-order valence-corrected chi connectivity index (χ4v) is 2.85. The minimum Gasteiger partial charge on any atom is -0.489 e. The van der Waals surface area contributed by atoms with Gasteiger partial charge in [-0.05, 0) is 48.5 Å². The third-order valence-electron chi connectivity index (χ3n) is 4.23. The van der Waals surface area contributed by atoms with E-state index in [-0.39, 0.29) is 0 Å². The van der Waals surface area contributed by atoms with Gasteiger partial charge in [0.15, 0.2) is 0 Å². The molecule has 0 aliphatic carbocycles. The molecule has 1 amide bonds. The number of H-pyrrole nitrogens is 1. The molecule has 0 saturated heterocycles. The summed E-state index contributed by atoms with van der Waals surface area (Å²) in [6, 6.07) is 20.1. The quantitative estimate of drug-likeness (QED) is 0.336. The summed E-state index contributed by atoms with van der Waals surface area (Å²) in [6.45, 7) is 0.379. The van der Waals surface area contributed by atoms with Crippen molar-refractivity contribution >= 4 is 23.7 Å². The normalized spacial score (nSPS) is 11.0. The number of hydrogen-bond donors (Lipinski definition) is 2. The molecule has 0 fully saturated rings. The van der Waals surface area contributed by atoms with Gasteiger partial charge in [-0.2, -0.15) is 10.2 Å². The molecule has 8 heteroatoms. The molecule has 2 aromatic carbocycles. The predicted octanol–water partition coefficient (Wildman–Crippen LogP) is 4.67. The van der Waals surface area contributed by atoms with Gasteiger partial charge in [-0.15, -0.1) is 0 Å². The number of nitrogens with one attached hydrogen (secondary N) is 2. The molecule has 0 spiro atoms.